The molecule has 0 fully saturated rings. The number of allylic oxidation sites excluding steroid dienone is 2. The van der Waals surface area contributed by atoms with Crippen molar-refractivity contribution in [2.24, 2.45) is 0 Å². The van der Waals surface area contributed by atoms with E-state index in [1.807, 2.05) is 0 Å². The Hall–Kier alpha value is -0.130. The molecule has 1 unspecified atom stereocenters. The van der Waals surface area contributed by atoms with Crippen molar-refractivity contribution in [1.29, 1.82) is 0 Å². The summed E-state index contributed by atoms with van der Waals surface area (Å²) in [5.41, 5.74) is 0. The largest absolute Gasteiger partial charge is 0.299 e. The maximum absolute atomic E-state index is 2.44. The monoisotopic (exact) mass is 197 g/mol. The van der Waals surface area contributed by atoms with Crippen molar-refractivity contribution >= 4 is 7.92 Å². The molecule has 2 heteroatoms. The van der Waals surface area contributed by atoms with E-state index in [2.05, 4.69) is 50.4 Å². The predicted molar refractivity (Wildman–Crippen MR) is 62.7 cm³/mol. The summed E-state index contributed by atoms with van der Waals surface area (Å²) in [6, 6.07) is 0.663. The van der Waals surface area contributed by atoms with E-state index in [4.69, 9.17) is 0 Å². The van der Waals surface area contributed by atoms with Gasteiger partial charge in [0.2, 0.25) is 0 Å². The third kappa shape index (κ3) is 2.65. The number of nitrogens with zero attached hydrogens (tertiary/aromatic N) is 1. The van der Waals surface area contributed by atoms with Crippen LogP contribution in [0.15, 0.2) is 23.5 Å². The highest BCUT2D eigenvalue weighted by atomic mass is 31.1. The quantitative estimate of drug-likeness (QED) is 0.629. The molecule has 1 aliphatic rings. The number of rotatable bonds is 3. The molecule has 0 aliphatic heterocycles. The first-order valence-corrected chi connectivity index (χ1v) is 7.14. The van der Waals surface area contributed by atoms with Crippen molar-refractivity contribution < 1.29 is 0 Å². The molecule has 0 amide bonds. The Morgan fingerprint density at radius 2 is 2.23 bits per heavy atom. The van der Waals surface area contributed by atoms with Crippen LogP contribution in [0.2, 0.25) is 0 Å². The van der Waals surface area contributed by atoms with Crippen molar-refractivity contribution in [1.82, 2.24) is 4.90 Å². The maximum Gasteiger partial charge on any atom is 0.0383 e. The van der Waals surface area contributed by atoms with E-state index in [-0.39, 0.29) is 7.92 Å². The number of likely N-dealkylation sites (N-methyl/N-ethyl adjacent to an activating group) is 1. The molecule has 0 spiro atoms. The molecule has 1 aliphatic carbocycles. The lowest BCUT2D eigenvalue weighted by molar-refractivity contribution is 0.293. The maximum atomic E-state index is 2.44. The summed E-state index contributed by atoms with van der Waals surface area (Å²) in [5.74, 6) is 0. The minimum absolute atomic E-state index is 0.0721. The van der Waals surface area contributed by atoms with Crippen LogP contribution in [0.1, 0.15) is 13.3 Å². The highest BCUT2D eigenvalue weighted by molar-refractivity contribution is 7.60. The first kappa shape index (κ1) is 10.9. The summed E-state index contributed by atoms with van der Waals surface area (Å²) in [5, 5.41) is 1.64. The van der Waals surface area contributed by atoms with Gasteiger partial charge in [-0.05, 0) is 38.7 Å². The van der Waals surface area contributed by atoms with E-state index < -0.39 is 0 Å². The Labute approximate surface area is 83.3 Å². The van der Waals surface area contributed by atoms with Gasteiger partial charge in [0.15, 0.2) is 0 Å². The van der Waals surface area contributed by atoms with Gasteiger partial charge in [-0.15, -0.1) is 0 Å². The molecule has 0 saturated heterocycles. The van der Waals surface area contributed by atoms with Crippen molar-refractivity contribution in [3.05, 3.63) is 23.5 Å². The topological polar surface area (TPSA) is 3.24 Å². The SMILES string of the molecule is CCN(C)C1CC=CC=C1P(C)C. The molecule has 0 aromatic heterocycles. The molecule has 0 saturated carbocycles. The summed E-state index contributed by atoms with van der Waals surface area (Å²) in [4.78, 5) is 2.44. The Bertz CT molecular complexity index is 218. The Morgan fingerprint density at radius 3 is 2.77 bits per heavy atom. The van der Waals surface area contributed by atoms with E-state index >= 15 is 0 Å². The number of hydrogen-bond donors (Lipinski definition) is 0. The summed E-state index contributed by atoms with van der Waals surface area (Å²) in [7, 11) is 2.29. The molecule has 1 atom stereocenters. The van der Waals surface area contributed by atoms with Crippen LogP contribution in [0.25, 0.3) is 0 Å². The van der Waals surface area contributed by atoms with Gasteiger partial charge in [0, 0.05) is 6.04 Å². The van der Waals surface area contributed by atoms with Gasteiger partial charge >= 0.3 is 0 Å². The first-order valence-electron chi connectivity index (χ1n) is 4.91. The second kappa shape index (κ2) is 4.93. The van der Waals surface area contributed by atoms with Gasteiger partial charge in [0.05, 0.1) is 0 Å². The fourth-order valence-electron chi connectivity index (χ4n) is 1.68. The van der Waals surface area contributed by atoms with Crippen molar-refractivity contribution in [2.75, 3.05) is 26.9 Å². The Balaban J connectivity index is 2.75. The third-order valence-corrected chi connectivity index (χ3v) is 4.13. The zero-order valence-corrected chi connectivity index (χ0v) is 10.0. The molecule has 0 radical (unpaired) electrons. The smallest absolute Gasteiger partial charge is 0.0383 e. The van der Waals surface area contributed by atoms with Gasteiger partial charge in [-0.1, -0.05) is 33.1 Å². The van der Waals surface area contributed by atoms with E-state index in [9.17, 15) is 0 Å². The van der Waals surface area contributed by atoms with Crippen LogP contribution >= 0.6 is 7.92 Å². The highest BCUT2D eigenvalue weighted by Crippen LogP contribution is 2.42. The molecule has 0 aromatic carbocycles. The van der Waals surface area contributed by atoms with Crippen LogP contribution in [-0.4, -0.2) is 37.9 Å². The van der Waals surface area contributed by atoms with Crippen molar-refractivity contribution in [2.45, 2.75) is 19.4 Å². The van der Waals surface area contributed by atoms with Crippen LogP contribution in [-0.2, 0) is 0 Å². The second-order valence-electron chi connectivity index (χ2n) is 3.74. The van der Waals surface area contributed by atoms with Crippen LogP contribution in [0, 0.1) is 0 Å². The Kier molecular flexibility index (Phi) is 4.15. The fraction of sp³-hybridized carbons (Fsp3) is 0.636. The minimum atomic E-state index is 0.0721. The fourth-order valence-corrected chi connectivity index (χ4v) is 2.96. The summed E-state index contributed by atoms with van der Waals surface area (Å²) >= 11 is 0. The van der Waals surface area contributed by atoms with Crippen LogP contribution in [0.3, 0.4) is 0 Å². The first-order chi connectivity index (χ1) is 6.16. The van der Waals surface area contributed by atoms with E-state index in [1.54, 1.807) is 5.31 Å². The lowest BCUT2D eigenvalue weighted by atomic mass is 10.1. The van der Waals surface area contributed by atoms with E-state index in [1.165, 1.54) is 6.42 Å². The number of hydrogen-bond acceptors (Lipinski definition) is 1. The minimum Gasteiger partial charge on any atom is -0.299 e. The van der Waals surface area contributed by atoms with Crippen LogP contribution < -0.4 is 0 Å². The van der Waals surface area contributed by atoms with Gasteiger partial charge in [0.25, 0.3) is 0 Å². The van der Waals surface area contributed by atoms with Crippen LogP contribution in [0.5, 0.6) is 0 Å². The molecule has 13 heavy (non-hydrogen) atoms. The van der Waals surface area contributed by atoms with Crippen molar-refractivity contribution in [3.8, 4) is 0 Å². The van der Waals surface area contributed by atoms with Gasteiger partial charge in [0.1, 0.15) is 0 Å². The lowest BCUT2D eigenvalue weighted by Gasteiger charge is -2.32. The summed E-state index contributed by atoms with van der Waals surface area (Å²) < 4.78 is 0. The van der Waals surface area contributed by atoms with Gasteiger partial charge < -0.3 is 0 Å². The average molecular weight is 197 g/mol. The lowest BCUT2D eigenvalue weighted by Crippen LogP contribution is -2.33. The zero-order chi connectivity index (χ0) is 9.84. The normalized spacial score (nSPS) is 22.6. The standard InChI is InChI=1S/C11H20NP/c1-5-12(2)10-8-6-7-9-11(10)13(3)4/h6-7,9-10H,5,8H2,1-4H3. The Morgan fingerprint density at radius 1 is 1.54 bits per heavy atom. The van der Waals surface area contributed by atoms with Gasteiger partial charge in [-0.25, -0.2) is 0 Å². The van der Waals surface area contributed by atoms with Gasteiger partial charge in [-0.2, -0.15) is 0 Å². The summed E-state index contributed by atoms with van der Waals surface area (Å²) in [6.07, 6.45) is 7.99. The molecule has 0 bridgehead atoms. The molecule has 0 aromatic rings. The van der Waals surface area contributed by atoms with Crippen LogP contribution in [0.4, 0.5) is 0 Å². The molecule has 1 nitrogen and oxygen atoms in total. The van der Waals surface area contributed by atoms with E-state index in [0.29, 0.717) is 6.04 Å². The van der Waals surface area contributed by atoms with Crippen molar-refractivity contribution in [3.63, 3.8) is 0 Å². The molecule has 1 rings (SSSR count). The van der Waals surface area contributed by atoms with Gasteiger partial charge in [-0.3, -0.25) is 4.90 Å². The molecule has 0 heterocycles. The highest BCUT2D eigenvalue weighted by Gasteiger charge is 2.20. The average Bonchev–Trinajstić information content (AvgIpc) is 2.16. The summed E-state index contributed by atoms with van der Waals surface area (Å²) in [6.45, 7) is 8.05. The predicted octanol–water partition coefficient (Wildman–Crippen LogP) is 2.89. The molecule has 74 valence electrons. The molecular weight excluding hydrogens is 177 g/mol. The second-order valence-corrected chi connectivity index (χ2v) is 6.04. The molecular formula is C11H20NP. The van der Waals surface area contributed by atoms with E-state index in [0.717, 1.165) is 6.54 Å². The zero-order valence-electron chi connectivity index (χ0n) is 9.12. The third-order valence-electron chi connectivity index (χ3n) is 2.65. The molecule has 0 N–H and O–H groups in total.